The first-order valence-corrected chi connectivity index (χ1v) is 8.50. The molecule has 3 rings (SSSR count). The number of hydrogen-bond acceptors (Lipinski definition) is 3. The highest BCUT2D eigenvalue weighted by Crippen LogP contribution is 2.31. The second-order valence-corrected chi connectivity index (χ2v) is 7.13. The topological polar surface area (TPSA) is 53.4 Å². The Kier molecular flexibility index (Phi) is 4.61. The van der Waals surface area contributed by atoms with Crippen LogP contribution in [0.25, 0.3) is 11.3 Å². The Labute approximate surface area is 147 Å². The zero-order valence-corrected chi connectivity index (χ0v) is 14.6. The van der Waals surface area contributed by atoms with E-state index in [1.165, 1.54) is 0 Å². The Morgan fingerprint density at radius 3 is 2.79 bits per heavy atom. The molecule has 2 aromatic rings. The lowest BCUT2D eigenvalue weighted by Gasteiger charge is -2.34. The summed E-state index contributed by atoms with van der Waals surface area (Å²) in [6.07, 6.45) is 3.40. The van der Waals surface area contributed by atoms with Crippen molar-refractivity contribution in [3.05, 3.63) is 53.2 Å². The lowest BCUT2D eigenvalue weighted by molar-refractivity contribution is 0.000343. The van der Waals surface area contributed by atoms with Crippen molar-refractivity contribution >= 4 is 17.5 Å². The second-order valence-electron chi connectivity index (χ2n) is 6.72. The lowest BCUT2D eigenvalue weighted by Crippen LogP contribution is -2.48. The summed E-state index contributed by atoms with van der Waals surface area (Å²) in [4.78, 5) is 19.1. The van der Waals surface area contributed by atoms with Crippen molar-refractivity contribution < 1.29 is 9.90 Å². The molecule has 1 fully saturated rings. The van der Waals surface area contributed by atoms with Crippen LogP contribution in [0.4, 0.5) is 0 Å². The van der Waals surface area contributed by atoms with E-state index < -0.39 is 5.60 Å². The molecule has 1 aliphatic rings. The fourth-order valence-electron chi connectivity index (χ4n) is 3.28. The smallest absolute Gasteiger partial charge is 0.255 e. The number of pyridine rings is 1. The van der Waals surface area contributed by atoms with Crippen molar-refractivity contribution in [3.8, 4) is 11.3 Å². The minimum absolute atomic E-state index is 0.137. The maximum atomic E-state index is 13.0. The van der Waals surface area contributed by atoms with Crippen molar-refractivity contribution in [1.82, 2.24) is 9.88 Å². The minimum atomic E-state index is -0.933. The van der Waals surface area contributed by atoms with E-state index in [1.807, 2.05) is 24.3 Å². The minimum Gasteiger partial charge on any atom is -0.388 e. The molecule has 0 spiro atoms. The number of carbonyl (C=O) groups is 1. The summed E-state index contributed by atoms with van der Waals surface area (Å²) in [5, 5.41) is 10.8. The maximum Gasteiger partial charge on any atom is 0.255 e. The maximum absolute atomic E-state index is 13.0. The standard InChI is InChI=1S/C19H21ClN2O2/c1-19(2,24)17-7-5-11-22(17)18(23)14-12-13(8-9-15(14)20)16-6-3-4-10-21-16/h3-4,6,8-10,12,17,24H,5,7,11H2,1-2H3. The average Bonchev–Trinajstić information content (AvgIpc) is 3.05. The summed E-state index contributed by atoms with van der Waals surface area (Å²) in [5.41, 5.74) is 1.17. The number of aromatic nitrogens is 1. The van der Waals surface area contributed by atoms with Crippen LogP contribution in [0.1, 0.15) is 37.0 Å². The first kappa shape index (κ1) is 16.9. The molecule has 0 saturated carbocycles. The van der Waals surface area contributed by atoms with Crippen LogP contribution in [0.3, 0.4) is 0 Å². The normalized spacial score (nSPS) is 18.0. The Morgan fingerprint density at radius 1 is 1.33 bits per heavy atom. The highest BCUT2D eigenvalue weighted by atomic mass is 35.5. The SMILES string of the molecule is CC(C)(O)C1CCCN1C(=O)c1cc(-c2ccccn2)ccc1Cl. The third-order valence-electron chi connectivity index (χ3n) is 4.49. The quantitative estimate of drug-likeness (QED) is 0.922. The first-order valence-electron chi connectivity index (χ1n) is 8.12. The molecule has 1 aromatic carbocycles. The Morgan fingerprint density at radius 2 is 2.12 bits per heavy atom. The molecule has 5 heteroatoms. The molecule has 1 saturated heterocycles. The second kappa shape index (κ2) is 6.54. The summed E-state index contributed by atoms with van der Waals surface area (Å²) in [6.45, 7) is 4.13. The number of aliphatic hydroxyl groups is 1. The zero-order chi connectivity index (χ0) is 17.3. The van der Waals surface area contributed by atoms with Crippen LogP contribution in [0.15, 0.2) is 42.6 Å². The summed E-state index contributed by atoms with van der Waals surface area (Å²) >= 11 is 6.29. The van der Waals surface area contributed by atoms with Gasteiger partial charge in [-0.25, -0.2) is 0 Å². The van der Waals surface area contributed by atoms with Gasteiger partial charge in [-0.1, -0.05) is 23.7 Å². The molecule has 1 aliphatic heterocycles. The highest BCUT2D eigenvalue weighted by molar-refractivity contribution is 6.34. The van der Waals surface area contributed by atoms with Gasteiger partial charge in [-0.2, -0.15) is 0 Å². The molecule has 1 aromatic heterocycles. The molecule has 1 atom stereocenters. The van der Waals surface area contributed by atoms with E-state index >= 15 is 0 Å². The van der Waals surface area contributed by atoms with Crippen LogP contribution in [0, 0.1) is 0 Å². The van der Waals surface area contributed by atoms with Crippen LogP contribution in [-0.4, -0.2) is 39.1 Å². The molecular weight excluding hydrogens is 324 g/mol. The molecule has 1 N–H and O–H groups in total. The van der Waals surface area contributed by atoms with E-state index in [2.05, 4.69) is 4.98 Å². The van der Waals surface area contributed by atoms with Gasteiger partial charge in [0.1, 0.15) is 0 Å². The van der Waals surface area contributed by atoms with E-state index in [0.29, 0.717) is 17.1 Å². The number of carbonyl (C=O) groups excluding carboxylic acids is 1. The van der Waals surface area contributed by atoms with Gasteiger partial charge in [-0.3, -0.25) is 9.78 Å². The van der Waals surface area contributed by atoms with E-state index in [-0.39, 0.29) is 11.9 Å². The first-order chi connectivity index (χ1) is 11.4. The molecule has 0 aliphatic carbocycles. The Balaban J connectivity index is 1.95. The van der Waals surface area contributed by atoms with Gasteiger partial charge in [0.15, 0.2) is 0 Å². The van der Waals surface area contributed by atoms with Crippen LogP contribution >= 0.6 is 11.6 Å². The van der Waals surface area contributed by atoms with Crippen LogP contribution < -0.4 is 0 Å². The number of rotatable bonds is 3. The molecule has 4 nitrogen and oxygen atoms in total. The predicted octanol–water partition coefficient (Wildman–Crippen LogP) is 3.78. The van der Waals surface area contributed by atoms with Gasteiger partial charge in [-0.15, -0.1) is 0 Å². The molecule has 0 bridgehead atoms. The van der Waals surface area contributed by atoms with Gasteiger partial charge in [0.2, 0.25) is 0 Å². The monoisotopic (exact) mass is 344 g/mol. The number of nitrogens with zero attached hydrogens (tertiary/aromatic N) is 2. The number of likely N-dealkylation sites (tertiary alicyclic amines) is 1. The Bertz CT molecular complexity index is 741. The predicted molar refractivity (Wildman–Crippen MR) is 95.0 cm³/mol. The van der Waals surface area contributed by atoms with Crippen molar-refractivity contribution in [3.63, 3.8) is 0 Å². The van der Waals surface area contributed by atoms with Gasteiger partial charge in [0.25, 0.3) is 5.91 Å². The molecule has 1 amide bonds. The fraction of sp³-hybridized carbons (Fsp3) is 0.368. The summed E-state index contributed by atoms with van der Waals surface area (Å²) < 4.78 is 0. The highest BCUT2D eigenvalue weighted by Gasteiger charge is 2.39. The number of hydrogen-bond donors (Lipinski definition) is 1. The van der Waals surface area contributed by atoms with Gasteiger partial charge in [0.05, 0.1) is 27.9 Å². The van der Waals surface area contributed by atoms with Crippen molar-refractivity contribution in [2.75, 3.05) is 6.54 Å². The van der Waals surface area contributed by atoms with E-state index in [0.717, 1.165) is 24.1 Å². The molecular formula is C19H21ClN2O2. The van der Waals surface area contributed by atoms with E-state index in [9.17, 15) is 9.90 Å². The Hall–Kier alpha value is -1.91. The van der Waals surface area contributed by atoms with Crippen molar-refractivity contribution in [2.45, 2.75) is 38.3 Å². The van der Waals surface area contributed by atoms with Crippen LogP contribution in [-0.2, 0) is 0 Å². The fourth-order valence-corrected chi connectivity index (χ4v) is 3.48. The number of halogens is 1. The molecule has 0 radical (unpaired) electrons. The van der Waals surface area contributed by atoms with Gasteiger partial charge in [-0.05, 0) is 51.0 Å². The third kappa shape index (κ3) is 3.30. The van der Waals surface area contributed by atoms with Crippen molar-refractivity contribution in [1.29, 1.82) is 0 Å². The van der Waals surface area contributed by atoms with E-state index in [1.54, 1.807) is 37.1 Å². The zero-order valence-electron chi connectivity index (χ0n) is 13.9. The summed E-state index contributed by atoms with van der Waals surface area (Å²) in [5.74, 6) is -0.137. The molecule has 24 heavy (non-hydrogen) atoms. The van der Waals surface area contributed by atoms with E-state index in [4.69, 9.17) is 11.6 Å². The van der Waals surface area contributed by atoms with Crippen LogP contribution in [0.2, 0.25) is 5.02 Å². The molecule has 126 valence electrons. The summed E-state index contributed by atoms with van der Waals surface area (Å²) in [6, 6.07) is 10.8. The third-order valence-corrected chi connectivity index (χ3v) is 4.82. The molecule has 2 heterocycles. The van der Waals surface area contributed by atoms with Crippen LogP contribution in [0.5, 0.6) is 0 Å². The van der Waals surface area contributed by atoms with Gasteiger partial charge >= 0.3 is 0 Å². The average molecular weight is 345 g/mol. The van der Waals surface area contributed by atoms with Crippen molar-refractivity contribution in [2.24, 2.45) is 0 Å². The molecule has 1 unspecified atom stereocenters. The van der Waals surface area contributed by atoms with Gasteiger partial charge in [0, 0.05) is 18.3 Å². The number of benzene rings is 1. The lowest BCUT2D eigenvalue weighted by atomic mass is 9.96. The largest absolute Gasteiger partial charge is 0.388 e. The summed E-state index contributed by atoms with van der Waals surface area (Å²) in [7, 11) is 0. The number of amides is 1. The van der Waals surface area contributed by atoms with Gasteiger partial charge < -0.3 is 10.0 Å².